The summed E-state index contributed by atoms with van der Waals surface area (Å²) in [5, 5.41) is 0. The van der Waals surface area contributed by atoms with Gasteiger partial charge in [-0.15, -0.1) is 0 Å². The van der Waals surface area contributed by atoms with Crippen LogP contribution in [0.3, 0.4) is 0 Å². The molecule has 0 saturated heterocycles. The Bertz CT molecular complexity index is 2770. The van der Waals surface area contributed by atoms with Crippen molar-refractivity contribution < 1.29 is 0 Å². The van der Waals surface area contributed by atoms with Gasteiger partial charge in [-0.1, -0.05) is 189 Å². The molecule has 10 rings (SSSR count). The maximum absolute atomic E-state index is 4.04. The van der Waals surface area contributed by atoms with Gasteiger partial charge in [-0.2, -0.15) is 0 Å². The molecule has 3 aliphatic carbocycles. The number of rotatable bonds is 11. The molecule has 2 heteroatoms. The summed E-state index contributed by atoms with van der Waals surface area (Å²) >= 11 is 0. The molecule has 0 radical (unpaired) electrons. The molecule has 0 spiro atoms. The maximum atomic E-state index is 4.04. The fourth-order valence-electron chi connectivity index (χ4n) is 9.75. The van der Waals surface area contributed by atoms with E-state index in [1.54, 1.807) is 0 Å². The molecular formula is C59H48N2. The van der Waals surface area contributed by atoms with Crippen LogP contribution in [0.1, 0.15) is 46.2 Å². The molecule has 0 bridgehead atoms. The largest absolute Gasteiger partial charge is 0.334 e. The predicted molar refractivity (Wildman–Crippen MR) is 260 cm³/mol. The SMILES string of the molecule is C=Cc1ccc(C2(c3ccc(C=C)cc3)c3ccccc3-c3ccc(-c4ccc(N(c5ccc(N(c6ccccc6)C6C=CC=CC6)cc5)C5C=CC=CC5)cc4)cc32)cc1. The molecule has 7 aromatic rings. The van der Waals surface area contributed by atoms with Crippen LogP contribution in [0.5, 0.6) is 0 Å². The lowest BCUT2D eigenvalue weighted by Crippen LogP contribution is -2.31. The van der Waals surface area contributed by atoms with Crippen molar-refractivity contribution in [1.29, 1.82) is 0 Å². The monoisotopic (exact) mass is 784 g/mol. The third-order valence-electron chi connectivity index (χ3n) is 12.7. The summed E-state index contributed by atoms with van der Waals surface area (Å²) in [7, 11) is 0. The minimum Gasteiger partial charge on any atom is -0.334 e. The lowest BCUT2D eigenvalue weighted by atomic mass is 9.67. The molecule has 0 aliphatic heterocycles. The molecule has 2 unspecified atom stereocenters. The van der Waals surface area contributed by atoms with Gasteiger partial charge < -0.3 is 9.80 Å². The average Bonchev–Trinajstić information content (AvgIpc) is 3.64. The highest BCUT2D eigenvalue weighted by molar-refractivity contribution is 5.89. The Kier molecular flexibility index (Phi) is 10.1. The van der Waals surface area contributed by atoms with Gasteiger partial charge in [0.1, 0.15) is 0 Å². The van der Waals surface area contributed by atoms with E-state index < -0.39 is 5.41 Å². The first kappa shape index (κ1) is 37.8. The van der Waals surface area contributed by atoms with Crippen LogP contribution in [0.4, 0.5) is 22.7 Å². The van der Waals surface area contributed by atoms with E-state index >= 15 is 0 Å². The summed E-state index contributed by atoms with van der Waals surface area (Å²) in [5.41, 5.74) is 16.4. The van der Waals surface area contributed by atoms with E-state index in [0.29, 0.717) is 0 Å². The van der Waals surface area contributed by atoms with Gasteiger partial charge in [0.2, 0.25) is 0 Å². The second-order valence-corrected chi connectivity index (χ2v) is 16.1. The van der Waals surface area contributed by atoms with Crippen LogP contribution in [0.25, 0.3) is 34.4 Å². The topological polar surface area (TPSA) is 6.48 Å². The Balaban J connectivity index is 1.04. The first-order chi connectivity index (χ1) is 30.1. The second kappa shape index (κ2) is 16.3. The van der Waals surface area contributed by atoms with Crippen LogP contribution in [0.2, 0.25) is 0 Å². The first-order valence-electron chi connectivity index (χ1n) is 21.4. The van der Waals surface area contributed by atoms with Crippen molar-refractivity contribution in [3.63, 3.8) is 0 Å². The number of hydrogen-bond donors (Lipinski definition) is 0. The van der Waals surface area contributed by atoms with Crippen LogP contribution in [-0.4, -0.2) is 12.1 Å². The third kappa shape index (κ3) is 6.81. The van der Waals surface area contributed by atoms with E-state index in [-0.39, 0.29) is 12.1 Å². The summed E-state index contributed by atoms with van der Waals surface area (Å²) in [4.78, 5) is 4.93. The van der Waals surface area contributed by atoms with Gasteiger partial charge in [0, 0.05) is 22.7 Å². The molecule has 2 nitrogen and oxygen atoms in total. The van der Waals surface area contributed by atoms with E-state index in [4.69, 9.17) is 0 Å². The molecule has 61 heavy (non-hydrogen) atoms. The van der Waals surface area contributed by atoms with Crippen LogP contribution < -0.4 is 9.80 Å². The van der Waals surface area contributed by atoms with Gasteiger partial charge in [-0.3, -0.25) is 0 Å². The quantitative estimate of drug-likeness (QED) is 0.129. The van der Waals surface area contributed by atoms with E-state index in [1.165, 1.54) is 61.6 Å². The average molecular weight is 785 g/mol. The molecule has 294 valence electrons. The van der Waals surface area contributed by atoms with E-state index in [9.17, 15) is 0 Å². The number of anilines is 4. The predicted octanol–water partition coefficient (Wildman–Crippen LogP) is 15.0. The minimum atomic E-state index is -0.509. The fraction of sp³-hybridized carbons (Fsp3) is 0.0847. The van der Waals surface area contributed by atoms with Crippen molar-refractivity contribution in [3.8, 4) is 22.3 Å². The smallest absolute Gasteiger partial charge is 0.0713 e. The number of fused-ring (bicyclic) bond motifs is 3. The zero-order chi connectivity index (χ0) is 41.2. The molecule has 0 amide bonds. The van der Waals surface area contributed by atoms with Gasteiger partial charge >= 0.3 is 0 Å². The normalized spacial score (nSPS) is 16.7. The molecule has 0 heterocycles. The fourth-order valence-corrected chi connectivity index (χ4v) is 9.75. The molecule has 0 N–H and O–H groups in total. The Morgan fingerprint density at radius 3 is 1.39 bits per heavy atom. The number of hydrogen-bond acceptors (Lipinski definition) is 2. The van der Waals surface area contributed by atoms with Crippen molar-refractivity contribution in [2.45, 2.75) is 30.3 Å². The van der Waals surface area contributed by atoms with Crippen LogP contribution in [0, 0.1) is 0 Å². The van der Waals surface area contributed by atoms with Gasteiger partial charge in [-0.25, -0.2) is 0 Å². The van der Waals surface area contributed by atoms with E-state index in [2.05, 4.69) is 241 Å². The molecule has 0 fully saturated rings. The van der Waals surface area contributed by atoms with Crippen molar-refractivity contribution in [2.75, 3.05) is 9.80 Å². The first-order valence-corrected chi connectivity index (χ1v) is 21.4. The van der Waals surface area contributed by atoms with Crippen LogP contribution in [-0.2, 0) is 5.41 Å². The Hall–Kier alpha value is -7.42. The standard InChI is InChI=1S/C59H48N2/c1-3-43-24-31-47(32-25-43)59(48-33-26-44(4-2)27-34-48)57-23-15-14-22-55(57)56-41-30-46(42-58(56)59)45-28-35-52(36-29-45)61(51-20-12-7-13-21-51)54-39-37-53(38-40-54)60(49-16-8-5-9-17-49)50-18-10-6-11-19-50/h3-18,20,22-42,50-51H,1-2,19,21H2. The third-order valence-corrected chi connectivity index (χ3v) is 12.7. The summed E-state index contributed by atoms with van der Waals surface area (Å²) < 4.78 is 0. The lowest BCUT2D eigenvalue weighted by Gasteiger charge is -2.35. The molecule has 3 aliphatic rings. The Labute approximate surface area is 360 Å². The zero-order valence-electron chi connectivity index (χ0n) is 34.3. The second-order valence-electron chi connectivity index (χ2n) is 16.1. The van der Waals surface area contributed by atoms with Gasteiger partial charge in [0.25, 0.3) is 0 Å². The van der Waals surface area contributed by atoms with Crippen molar-refractivity contribution >= 4 is 34.9 Å². The highest BCUT2D eigenvalue weighted by Gasteiger charge is 2.46. The van der Waals surface area contributed by atoms with Crippen LogP contribution >= 0.6 is 0 Å². The summed E-state index contributed by atoms with van der Waals surface area (Å²) in [6.07, 6.45) is 23.5. The van der Waals surface area contributed by atoms with Gasteiger partial charge in [0.15, 0.2) is 0 Å². The molecule has 7 aromatic carbocycles. The van der Waals surface area contributed by atoms with Crippen molar-refractivity contribution in [1.82, 2.24) is 0 Å². The number of benzene rings is 7. The Morgan fingerprint density at radius 2 is 0.885 bits per heavy atom. The van der Waals surface area contributed by atoms with E-state index in [1.807, 2.05) is 12.2 Å². The molecular weight excluding hydrogens is 737 g/mol. The lowest BCUT2D eigenvalue weighted by molar-refractivity contribution is 0.768. The maximum Gasteiger partial charge on any atom is 0.0713 e. The highest BCUT2D eigenvalue weighted by Crippen LogP contribution is 2.57. The molecule has 2 atom stereocenters. The highest BCUT2D eigenvalue weighted by atomic mass is 15.2. The minimum absolute atomic E-state index is 0.192. The number of nitrogens with zero attached hydrogens (tertiary/aromatic N) is 2. The number of allylic oxidation sites excluding steroid dienone is 4. The summed E-state index contributed by atoms with van der Waals surface area (Å²) in [6, 6.07) is 63.4. The number of para-hydroxylation sites is 1. The molecule has 0 saturated carbocycles. The zero-order valence-corrected chi connectivity index (χ0v) is 34.3. The summed E-state index contributed by atoms with van der Waals surface area (Å²) in [5.74, 6) is 0. The Morgan fingerprint density at radius 1 is 0.426 bits per heavy atom. The molecule has 0 aromatic heterocycles. The summed E-state index contributed by atoms with van der Waals surface area (Å²) in [6.45, 7) is 8.08. The van der Waals surface area contributed by atoms with Gasteiger partial charge in [-0.05, 0) is 123 Å². The van der Waals surface area contributed by atoms with Crippen molar-refractivity contribution in [2.24, 2.45) is 0 Å². The van der Waals surface area contributed by atoms with E-state index in [0.717, 1.165) is 29.7 Å². The van der Waals surface area contributed by atoms with Crippen LogP contribution in [0.15, 0.2) is 232 Å². The van der Waals surface area contributed by atoms with Crippen molar-refractivity contribution in [3.05, 3.63) is 265 Å². The van der Waals surface area contributed by atoms with Gasteiger partial charge in [0.05, 0.1) is 17.5 Å².